The Morgan fingerprint density at radius 3 is 2.37 bits per heavy atom. The summed E-state index contributed by atoms with van der Waals surface area (Å²) >= 11 is 0. The Morgan fingerprint density at radius 1 is 1.03 bits per heavy atom. The van der Waals surface area contributed by atoms with Gasteiger partial charge in [0, 0.05) is 30.0 Å². The molecular weight excluding hydrogens is 376 g/mol. The van der Waals surface area contributed by atoms with Crippen LogP contribution in [0, 0.1) is 0 Å². The van der Waals surface area contributed by atoms with Gasteiger partial charge < -0.3 is 16.4 Å². The first-order chi connectivity index (χ1) is 14.6. The summed E-state index contributed by atoms with van der Waals surface area (Å²) in [6.45, 7) is 0. The van der Waals surface area contributed by atoms with E-state index < -0.39 is 0 Å². The highest BCUT2D eigenvalue weighted by molar-refractivity contribution is 6.02. The molecule has 0 radical (unpaired) electrons. The van der Waals surface area contributed by atoms with Crippen molar-refractivity contribution in [2.75, 3.05) is 16.4 Å². The number of hydrogen-bond acceptors (Lipinski definition) is 4. The molecule has 150 valence electrons. The fourth-order valence-corrected chi connectivity index (χ4v) is 3.66. The third-order valence-corrected chi connectivity index (χ3v) is 5.32. The third-order valence-electron chi connectivity index (χ3n) is 5.32. The van der Waals surface area contributed by atoms with Crippen molar-refractivity contribution in [1.82, 2.24) is 14.8 Å². The van der Waals surface area contributed by atoms with Gasteiger partial charge in [-0.05, 0) is 54.3 Å². The van der Waals surface area contributed by atoms with Crippen molar-refractivity contribution in [2.45, 2.75) is 18.8 Å². The first-order valence-corrected chi connectivity index (χ1v) is 9.95. The molecule has 2 aromatic carbocycles. The molecule has 30 heavy (non-hydrogen) atoms. The molecule has 1 aliphatic carbocycles. The zero-order chi connectivity index (χ0) is 20.7. The van der Waals surface area contributed by atoms with Crippen LogP contribution < -0.4 is 16.4 Å². The van der Waals surface area contributed by atoms with Crippen LogP contribution in [0.15, 0.2) is 60.7 Å². The van der Waals surface area contributed by atoms with Crippen LogP contribution in [-0.2, 0) is 7.05 Å². The zero-order valence-electron chi connectivity index (χ0n) is 16.6. The fourth-order valence-electron chi connectivity index (χ4n) is 3.66. The molecule has 1 aliphatic rings. The van der Waals surface area contributed by atoms with E-state index in [2.05, 4.69) is 21.8 Å². The second kappa shape index (κ2) is 7.18. The van der Waals surface area contributed by atoms with Crippen LogP contribution in [0.1, 0.15) is 24.5 Å². The Balaban J connectivity index is 1.43. The minimum Gasteiger partial charge on any atom is -0.382 e. The van der Waals surface area contributed by atoms with E-state index in [4.69, 9.17) is 10.7 Å². The summed E-state index contributed by atoms with van der Waals surface area (Å²) in [5, 5.41) is 10.9. The standard InChI is InChI=1S/C23H22N6O/c1-29-22-20(21(24)28-29)18(13-19(27-22)15-7-8-15)14-9-11-17(12-10-14)26-23(30)25-16-5-3-2-4-6-16/h2-6,9-13,15H,7-8H2,1H3,(H2,24,28)(H2,25,26,30). The van der Waals surface area contributed by atoms with E-state index >= 15 is 0 Å². The van der Waals surface area contributed by atoms with Gasteiger partial charge in [0.05, 0.1) is 5.39 Å². The number of aromatic nitrogens is 3. The third kappa shape index (κ3) is 3.45. The first kappa shape index (κ1) is 18.2. The van der Waals surface area contributed by atoms with Gasteiger partial charge in [-0.3, -0.25) is 0 Å². The predicted molar refractivity (Wildman–Crippen MR) is 119 cm³/mol. The van der Waals surface area contributed by atoms with Crippen molar-refractivity contribution in [3.63, 3.8) is 0 Å². The molecule has 2 heterocycles. The van der Waals surface area contributed by atoms with Crippen LogP contribution >= 0.6 is 0 Å². The Morgan fingerprint density at radius 2 is 1.70 bits per heavy atom. The summed E-state index contributed by atoms with van der Waals surface area (Å²) in [4.78, 5) is 17.0. The van der Waals surface area contributed by atoms with Gasteiger partial charge in [0.2, 0.25) is 0 Å². The van der Waals surface area contributed by atoms with Crippen molar-refractivity contribution in [3.8, 4) is 11.1 Å². The van der Waals surface area contributed by atoms with Gasteiger partial charge >= 0.3 is 6.03 Å². The van der Waals surface area contributed by atoms with Gasteiger partial charge in [0.25, 0.3) is 0 Å². The number of rotatable bonds is 4. The summed E-state index contributed by atoms with van der Waals surface area (Å²) in [6, 6.07) is 18.9. The molecule has 0 bridgehead atoms. The van der Waals surface area contributed by atoms with Crippen LogP contribution in [0.4, 0.5) is 22.0 Å². The molecule has 1 saturated carbocycles. The number of nitrogens with zero attached hydrogens (tertiary/aromatic N) is 3. The number of aryl methyl sites for hydroxylation is 1. The molecule has 2 aromatic heterocycles. The van der Waals surface area contributed by atoms with E-state index in [1.54, 1.807) is 4.68 Å². The summed E-state index contributed by atoms with van der Waals surface area (Å²) in [5.74, 6) is 0.994. The number of carbonyl (C=O) groups excluding carboxylic acids is 1. The molecule has 2 amide bonds. The van der Waals surface area contributed by atoms with Gasteiger partial charge in [-0.1, -0.05) is 30.3 Å². The SMILES string of the molecule is Cn1nc(N)c2c(-c3ccc(NC(=O)Nc4ccccc4)cc3)cc(C3CC3)nc21. The number of fused-ring (bicyclic) bond motifs is 1. The van der Waals surface area contributed by atoms with Crippen LogP contribution in [0.25, 0.3) is 22.2 Å². The molecule has 0 aliphatic heterocycles. The molecule has 0 saturated heterocycles. The van der Waals surface area contributed by atoms with Crippen molar-refractivity contribution in [2.24, 2.45) is 7.05 Å². The van der Waals surface area contributed by atoms with E-state index in [9.17, 15) is 4.79 Å². The Labute approximate surface area is 173 Å². The van der Waals surface area contributed by atoms with E-state index in [0.29, 0.717) is 17.4 Å². The molecule has 5 rings (SSSR count). The Bertz CT molecular complexity index is 1230. The minimum atomic E-state index is -0.284. The summed E-state index contributed by atoms with van der Waals surface area (Å²) in [5.41, 5.74) is 11.6. The number of pyridine rings is 1. The van der Waals surface area contributed by atoms with Gasteiger partial charge in [0.15, 0.2) is 11.5 Å². The predicted octanol–water partition coefficient (Wildman–Crippen LogP) is 4.74. The van der Waals surface area contributed by atoms with Crippen molar-refractivity contribution in [3.05, 3.63) is 66.4 Å². The van der Waals surface area contributed by atoms with Gasteiger partial charge in [-0.2, -0.15) is 5.10 Å². The molecule has 0 spiro atoms. The second-order valence-corrected chi connectivity index (χ2v) is 7.60. The van der Waals surface area contributed by atoms with E-state index in [-0.39, 0.29) is 6.03 Å². The lowest BCUT2D eigenvalue weighted by molar-refractivity contribution is 0.262. The molecular formula is C23H22N6O. The molecule has 7 nitrogen and oxygen atoms in total. The number of anilines is 3. The van der Waals surface area contributed by atoms with Gasteiger partial charge in [-0.15, -0.1) is 0 Å². The molecule has 0 unspecified atom stereocenters. The van der Waals surface area contributed by atoms with Crippen LogP contribution in [0.3, 0.4) is 0 Å². The van der Waals surface area contributed by atoms with Crippen LogP contribution in [-0.4, -0.2) is 20.8 Å². The smallest absolute Gasteiger partial charge is 0.323 e. The Hall–Kier alpha value is -3.87. The van der Waals surface area contributed by atoms with Crippen LogP contribution in [0.2, 0.25) is 0 Å². The number of carbonyl (C=O) groups is 1. The normalized spacial score (nSPS) is 13.4. The maximum Gasteiger partial charge on any atom is 0.323 e. The minimum absolute atomic E-state index is 0.284. The van der Waals surface area contributed by atoms with E-state index in [0.717, 1.165) is 33.5 Å². The summed E-state index contributed by atoms with van der Waals surface area (Å²) in [7, 11) is 1.87. The monoisotopic (exact) mass is 398 g/mol. The molecule has 0 atom stereocenters. The lowest BCUT2D eigenvalue weighted by atomic mass is 10.0. The highest BCUT2D eigenvalue weighted by Crippen LogP contribution is 2.42. The topological polar surface area (TPSA) is 97.9 Å². The summed E-state index contributed by atoms with van der Waals surface area (Å²) in [6.07, 6.45) is 2.34. The van der Waals surface area contributed by atoms with E-state index in [1.165, 1.54) is 12.8 Å². The number of nitrogen functional groups attached to an aromatic ring is 1. The number of amides is 2. The number of nitrogens with two attached hydrogens (primary N) is 1. The number of para-hydroxylation sites is 1. The molecule has 7 heteroatoms. The van der Waals surface area contributed by atoms with Crippen molar-refractivity contribution in [1.29, 1.82) is 0 Å². The number of benzene rings is 2. The zero-order valence-corrected chi connectivity index (χ0v) is 16.6. The highest BCUT2D eigenvalue weighted by Gasteiger charge is 2.27. The van der Waals surface area contributed by atoms with Gasteiger partial charge in [0.1, 0.15) is 0 Å². The fraction of sp³-hybridized carbons (Fsp3) is 0.174. The molecule has 1 fully saturated rings. The average molecular weight is 398 g/mol. The van der Waals surface area contributed by atoms with E-state index in [1.807, 2.05) is 61.6 Å². The van der Waals surface area contributed by atoms with Gasteiger partial charge in [-0.25, -0.2) is 14.5 Å². The number of urea groups is 1. The number of hydrogen-bond donors (Lipinski definition) is 3. The second-order valence-electron chi connectivity index (χ2n) is 7.60. The lowest BCUT2D eigenvalue weighted by Crippen LogP contribution is -2.19. The maximum atomic E-state index is 12.2. The highest BCUT2D eigenvalue weighted by atomic mass is 16.2. The lowest BCUT2D eigenvalue weighted by Gasteiger charge is -2.10. The summed E-state index contributed by atoms with van der Waals surface area (Å²) < 4.78 is 1.74. The molecule has 4 aromatic rings. The van der Waals surface area contributed by atoms with Crippen molar-refractivity contribution >= 4 is 34.3 Å². The average Bonchev–Trinajstić information content (AvgIpc) is 3.55. The Kier molecular flexibility index (Phi) is 4.35. The maximum absolute atomic E-state index is 12.2. The van der Waals surface area contributed by atoms with Crippen molar-refractivity contribution < 1.29 is 4.79 Å². The quantitative estimate of drug-likeness (QED) is 0.462. The largest absolute Gasteiger partial charge is 0.382 e. The first-order valence-electron chi connectivity index (χ1n) is 9.95. The number of nitrogens with one attached hydrogen (secondary N) is 2. The molecule has 4 N–H and O–H groups in total. The van der Waals surface area contributed by atoms with Crippen LogP contribution in [0.5, 0.6) is 0 Å².